The van der Waals surface area contributed by atoms with Crippen molar-refractivity contribution >= 4 is 33.4 Å². The molecule has 0 aliphatic carbocycles. The van der Waals surface area contributed by atoms with Gasteiger partial charge in [-0.05, 0) is 49.2 Å². The quantitative estimate of drug-likeness (QED) is 0.539. The Balaban J connectivity index is 2.01. The molecule has 0 amide bonds. The molecule has 0 saturated heterocycles. The van der Waals surface area contributed by atoms with Crippen molar-refractivity contribution in [3.63, 3.8) is 0 Å². The zero-order chi connectivity index (χ0) is 21.2. The fourth-order valence-electron chi connectivity index (χ4n) is 2.81. The van der Waals surface area contributed by atoms with Gasteiger partial charge in [0, 0.05) is 10.8 Å². The topological polar surface area (TPSA) is 76.9 Å². The number of aryl methyl sites for hydroxylation is 1. The zero-order valence-electron chi connectivity index (χ0n) is 16.1. The summed E-state index contributed by atoms with van der Waals surface area (Å²) >= 11 is 7.62. The van der Waals surface area contributed by atoms with E-state index in [4.69, 9.17) is 11.6 Å². The Morgan fingerprint density at radius 2 is 1.90 bits per heavy atom. The van der Waals surface area contributed by atoms with Crippen molar-refractivity contribution in [3.8, 4) is 5.69 Å². The van der Waals surface area contributed by atoms with Gasteiger partial charge in [-0.15, -0.1) is 10.2 Å². The summed E-state index contributed by atoms with van der Waals surface area (Å²) in [4.78, 5) is 0. The van der Waals surface area contributed by atoms with Crippen LogP contribution in [0.3, 0.4) is 0 Å². The monoisotopic (exact) mass is 454 g/mol. The highest BCUT2D eigenvalue weighted by atomic mass is 35.5. The van der Waals surface area contributed by atoms with Gasteiger partial charge in [-0.2, -0.15) is 0 Å². The number of nitrogens with one attached hydrogen (secondary N) is 1. The Bertz CT molecular complexity index is 1120. The molecule has 0 spiro atoms. The van der Waals surface area contributed by atoms with Crippen LogP contribution >= 0.6 is 23.4 Å². The van der Waals surface area contributed by atoms with Gasteiger partial charge < -0.3 is 0 Å². The summed E-state index contributed by atoms with van der Waals surface area (Å²) in [6.07, 6.45) is 1.10. The molecular weight excluding hydrogens is 435 g/mol. The molecule has 0 saturated carbocycles. The van der Waals surface area contributed by atoms with Gasteiger partial charge >= 0.3 is 0 Å². The SMILES string of the molecule is Cc1ccc(Cl)cc1-n1c(SCc2ccc(F)cc2)nnc1C(C)NS(C)(=O)=O. The van der Waals surface area contributed by atoms with E-state index in [0.717, 1.165) is 23.1 Å². The molecule has 6 nitrogen and oxygen atoms in total. The molecular formula is C19H20ClFN4O2S2. The first-order chi connectivity index (χ1) is 13.6. The van der Waals surface area contributed by atoms with Crippen LogP contribution in [0.1, 0.15) is 29.9 Å². The second kappa shape index (κ2) is 8.83. The molecule has 0 fully saturated rings. The van der Waals surface area contributed by atoms with E-state index >= 15 is 0 Å². The fourth-order valence-corrected chi connectivity index (χ4v) is 4.63. The lowest BCUT2D eigenvalue weighted by molar-refractivity contribution is 0.561. The largest absolute Gasteiger partial charge is 0.272 e. The fraction of sp³-hybridized carbons (Fsp3) is 0.263. The van der Waals surface area contributed by atoms with Crippen LogP contribution in [-0.4, -0.2) is 29.4 Å². The lowest BCUT2D eigenvalue weighted by Crippen LogP contribution is -2.27. The van der Waals surface area contributed by atoms with E-state index in [1.165, 1.54) is 23.9 Å². The molecule has 2 aromatic carbocycles. The van der Waals surface area contributed by atoms with E-state index in [0.29, 0.717) is 21.8 Å². The molecule has 154 valence electrons. The van der Waals surface area contributed by atoms with E-state index in [1.807, 2.05) is 13.0 Å². The molecule has 0 bridgehead atoms. The molecule has 3 rings (SSSR count). The number of aromatic nitrogens is 3. The van der Waals surface area contributed by atoms with Crippen LogP contribution in [0.4, 0.5) is 4.39 Å². The van der Waals surface area contributed by atoms with Crippen LogP contribution in [-0.2, 0) is 15.8 Å². The van der Waals surface area contributed by atoms with E-state index in [9.17, 15) is 12.8 Å². The molecule has 1 unspecified atom stereocenters. The van der Waals surface area contributed by atoms with E-state index in [1.54, 1.807) is 35.8 Å². The van der Waals surface area contributed by atoms with Gasteiger partial charge in [0.05, 0.1) is 18.0 Å². The first kappa shape index (κ1) is 21.8. The summed E-state index contributed by atoms with van der Waals surface area (Å²) in [5.41, 5.74) is 2.63. The first-order valence-corrected chi connectivity index (χ1v) is 12.0. The maximum Gasteiger partial charge on any atom is 0.209 e. The molecule has 1 atom stereocenters. The van der Waals surface area contributed by atoms with Crippen LogP contribution in [0.25, 0.3) is 5.69 Å². The Labute approximate surface area is 178 Å². The number of hydrogen-bond acceptors (Lipinski definition) is 5. The van der Waals surface area contributed by atoms with Gasteiger partial charge in [0.1, 0.15) is 5.82 Å². The summed E-state index contributed by atoms with van der Waals surface area (Å²) in [5, 5.41) is 9.63. The Morgan fingerprint density at radius 1 is 1.21 bits per heavy atom. The zero-order valence-corrected chi connectivity index (χ0v) is 18.4. The molecule has 0 aliphatic heterocycles. The lowest BCUT2D eigenvalue weighted by Gasteiger charge is -2.17. The number of benzene rings is 2. The highest BCUT2D eigenvalue weighted by molar-refractivity contribution is 7.98. The van der Waals surface area contributed by atoms with Crippen molar-refractivity contribution in [2.75, 3.05) is 6.26 Å². The standard InChI is InChI=1S/C19H20ClFN4O2S2/c1-12-4-7-15(20)10-17(12)25-18(13(2)24-29(3,26)27)22-23-19(25)28-11-14-5-8-16(21)9-6-14/h4-10,13,24H,11H2,1-3H3. The highest BCUT2D eigenvalue weighted by Crippen LogP contribution is 2.30. The maximum absolute atomic E-state index is 13.1. The van der Waals surface area contributed by atoms with Crippen LogP contribution in [0.15, 0.2) is 47.6 Å². The van der Waals surface area contributed by atoms with Crippen LogP contribution in [0, 0.1) is 12.7 Å². The number of sulfonamides is 1. The number of thioether (sulfide) groups is 1. The number of nitrogens with zero attached hydrogens (tertiary/aromatic N) is 3. The number of hydrogen-bond donors (Lipinski definition) is 1. The summed E-state index contributed by atoms with van der Waals surface area (Å²) in [6, 6.07) is 11.1. The Hall–Kier alpha value is -1.94. The average Bonchev–Trinajstić information content (AvgIpc) is 3.06. The van der Waals surface area contributed by atoms with Crippen molar-refractivity contribution in [3.05, 3.63) is 70.3 Å². The maximum atomic E-state index is 13.1. The molecule has 1 aromatic heterocycles. The van der Waals surface area contributed by atoms with Crippen LogP contribution in [0.2, 0.25) is 5.02 Å². The lowest BCUT2D eigenvalue weighted by atomic mass is 10.2. The third-order valence-electron chi connectivity index (χ3n) is 4.13. The van der Waals surface area contributed by atoms with E-state index in [2.05, 4.69) is 14.9 Å². The van der Waals surface area contributed by atoms with Gasteiger partial charge in [0.25, 0.3) is 0 Å². The minimum absolute atomic E-state index is 0.292. The van der Waals surface area contributed by atoms with Crippen molar-refractivity contribution in [2.24, 2.45) is 0 Å². The second-order valence-electron chi connectivity index (χ2n) is 6.63. The highest BCUT2D eigenvalue weighted by Gasteiger charge is 2.23. The minimum atomic E-state index is -3.44. The van der Waals surface area contributed by atoms with E-state index in [-0.39, 0.29) is 5.82 Å². The molecule has 0 radical (unpaired) electrons. The normalized spacial score (nSPS) is 12.9. The number of halogens is 2. The smallest absolute Gasteiger partial charge is 0.209 e. The van der Waals surface area contributed by atoms with Gasteiger partial charge in [0.2, 0.25) is 10.0 Å². The van der Waals surface area contributed by atoms with Gasteiger partial charge in [-0.3, -0.25) is 4.57 Å². The molecule has 0 aliphatic rings. The van der Waals surface area contributed by atoms with Gasteiger partial charge in [-0.25, -0.2) is 17.5 Å². The first-order valence-electron chi connectivity index (χ1n) is 8.70. The summed E-state index contributed by atoms with van der Waals surface area (Å²) < 4.78 is 40.9. The molecule has 29 heavy (non-hydrogen) atoms. The molecule has 1 heterocycles. The third-order valence-corrected chi connectivity index (χ3v) is 6.15. The Morgan fingerprint density at radius 3 is 2.55 bits per heavy atom. The van der Waals surface area contributed by atoms with Crippen LogP contribution < -0.4 is 4.72 Å². The van der Waals surface area contributed by atoms with Crippen molar-refractivity contribution in [1.29, 1.82) is 0 Å². The van der Waals surface area contributed by atoms with Crippen molar-refractivity contribution in [1.82, 2.24) is 19.5 Å². The number of rotatable bonds is 7. The average molecular weight is 455 g/mol. The predicted octanol–water partition coefficient (Wildman–Crippen LogP) is 4.27. The third kappa shape index (κ3) is 5.57. The minimum Gasteiger partial charge on any atom is -0.272 e. The van der Waals surface area contributed by atoms with Gasteiger partial charge in [0.15, 0.2) is 11.0 Å². The van der Waals surface area contributed by atoms with Gasteiger partial charge in [-0.1, -0.05) is 41.6 Å². The summed E-state index contributed by atoms with van der Waals surface area (Å²) in [6.45, 7) is 3.63. The molecule has 3 aromatic rings. The summed E-state index contributed by atoms with van der Waals surface area (Å²) in [5.74, 6) is 0.702. The van der Waals surface area contributed by atoms with Crippen molar-refractivity contribution in [2.45, 2.75) is 30.8 Å². The Kier molecular flexibility index (Phi) is 6.62. The van der Waals surface area contributed by atoms with Crippen molar-refractivity contribution < 1.29 is 12.8 Å². The van der Waals surface area contributed by atoms with E-state index < -0.39 is 16.1 Å². The molecule has 1 N–H and O–H groups in total. The second-order valence-corrected chi connectivity index (χ2v) is 9.79. The predicted molar refractivity (Wildman–Crippen MR) is 113 cm³/mol. The van der Waals surface area contributed by atoms with Crippen LogP contribution in [0.5, 0.6) is 0 Å². The summed E-state index contributed by atoms with van der Waals surface area (Å²) in [7, 11) is -3.44. The molecule has 10 heteroatoms.